The number of thiazole rings is 1. The molecule has 4 aromatic carbocycles. The summed E-state index contributed by atoms with van der Waals surface area (Å²) >= 11 is 9.13. The maximum atomic E-state index is 13.7. The van der Waals surface area contributed by atoms with Gasteiger partial charge in [-0.1, -0.05) is 60.1 Å². The normalized spacial score (nSPS) is 13.2. The number of hydrogen-bond acceptors (Lipinski definition) is 7. The van der Waals surface area contributed by atoms with E-state index in [1.165, 1.54) is 46.3 Å². The molecule has 12 heteroatoms. The Morgan fingerprint density at radius 2 is 1.67 bits per heavy atom. The number of carbonyl (C=O) groups is 1. The molecule has 1 amide bonds. The Hall–Kier alpha value is -3.77. The standard InChI is InChI=1S/C34H27ClN4O3S3.ClH/c35-24-13-15-26(16-14-24)45(41,42)38-25-10-6-9-23(19-25)32(40)37-34-31(33-36-28-11-4-5-12-29(28)43-33)27-17-18-39(21-30(27)44-34)20-22-7-2-1-3-8-22;/h1-16,19,38H,17-18,20-21H2,(H,37,40);1H. The summed E-state index contributed by atoms with van der Waals surface area (Å²) in [5.74, 6) is -0.329. The van der Waals surface area contributed by atoms with Crippen molar-refractivity contribution in [1.82, 2.24) is 9.88 Å². The second kappa shape index (κ2) is 13.5. The van der Waals surface area contributed by atoms with Crippen LogP contribution in [0.15, 0.2) is 108 Å². The van der Waals surface area contributed by atoms with Crippen molar-refractivity contribution in [1.29, 1.82) is 0 Å². The average molecular weight is 708 g/mol. The molecule has 1 aliphatic rings. The van der Waals surface area contributed by atoms with E-state index in [1.54, 1.807) is 40.9 Å². The molecule has 2 N–H and O–H groups in total. The molecule has 234 valence electrons. The van der Waals surface area contributed by atoms with E-state index < -0.39 is 10.0 Å². The molecule has 0 atom stereocenters. The number of anilines is 2. The van der Waals surface area contributed by atoms with E-state index >= 15 is 0 Å². The Morgan fingerprint density at radius 1 is 0.913 bits per heavy atom. The predicted octanol–water partition coefficient (Wildman–Crippen LogP) is 8.71. The Balaban J connectivity index is 0.00000372. The summed E-state index contributed by atoms with van der Waals surface area (Å²) in [5.41, 5.74) is 5.01. The highest BCUT2D eigenvalue weighted by Gasteiger charge is 2.28. The topological polar surface area (TPSA) is 91.4 Å². The summed E-state index contributed by atoms with van der Waals surface area (Å²) in [6, 6.07) is 30.9. The lowest BCUT2D eigenvalue weighted by atomic mass is 10.0. The van der Waals surface area contributed by atoms with Gasteiger partial charge in [-0.05, 0) is 72.1 Å². The van der Waals surface area contributed by atoms with Crippen LogP contribution in [0.5, 0.6) is 0 Å². The molecule has 7 rings (SSSR count). The van der Waals surface area contributed by atoms with Crippen molar-refractivity contribution in [3.8, 4) is 10.6 Å². The Kier molecular flexibility index (Phi) is 9.47. The highest BCUT2D eigenvalue weighted by atomic mass is 35.5. The lowest BCUT2D eigenvalue weighted by molar-refractivity contribution is 0.102. The van der Waals surface area contributed by atoms with Crippen molar-refractivity contribution in [2.75, 3.05) is 16.6 Å². The molecule has 1 aliphatic heterocycles. The van der Waals surface area contributed by atoms with E-state index in [4.69, 9.17) is 16.6 Å². The number of para-hydroxylation sites is 1. The molecule has 0 aliphatic carbocycles. The number of rotatable bonds is 8. The molecule has 2 aromatic heterocycles. The van der Waals surface area contributed by atoms with Crippen molar-refractivity contribution in [3.63, 3.8) is 0 Å². The number of aromatic nitrogens is 1. The molecule has 0 radical (unpaired) electrons. The summed E-state index contributed by atoms with van der Waals surface area (Å²) in [7, 11) is -3.87. The van der Waals surface area contributed by atoms with Crippen LogP contribution in [0.3, 0.4) is 0 Å². The zero-order chi connectivity index (χ0) is 31.0. The summed E-state index contributed by atoms with van der Waals surface area (Å²) in [6.45, 7) is 2.54. The third kappa shape index (κ3) is 6.83. The van der Waals surface area contributed by atoms with E-state index in [-0.39, 0.29) is 28.9 Å². The van der Waals surface area contributed by atoms with Crippen LogP contribution in [-0.2, 0) is 29.5 Å². The number of hydrogen-bond donors (Lipinski definition) is 2. The number of fused-ring (bicyclic) bond motifs is 2. The van der Waals surface area contributed by atoms with Crippen LogP contribution in [0, 0.1) is 0 Å². The van der Waals surface area contributed by atoms with Gasteiger partial charge in [0.1, 0.15) is 10.0 Å². The van der Waals surface area contributed by atoms with E-state index in [0.29, 0.717) is 10.6 Å². The molecule has 46 heavy (non-hydrogen) atoms. The monoisotopic (exact) mass is 706 g/mol. The van der Waals surface area contributed by atoms with Gasteiger partial charge in [0.05, 0.1) is 15.1 Å². The molecule has 3 heterocycles. The van der Waals surface area contributed by atoms with Crippen LogP contribution in [0.4, 0.5) is 10.7 Å². The first-order valence-corrected chi connectivity index (χ1v) is 17.8. The average Bonchev–Trinajstić information content (AvgIpc) is 3.62. The molecular formula is C34H28Cl2N4O3S3. The fourth-order valence-corrected chi connectivity index (χ4v) is 9.02. The number of halogens is 2. The zero-order valence-corrected chi connectivity index (χ0v) is 28.3. The number of nitrogens with one attached hydrogen (secondary N) is 2. The summed E-state index contributed by atoms with van der Waals surface area (Å²) in [4.78, 5) is 22.4. The van der Waals surface area contributed by atoms with Crippen LogP contribution >= 0.6 is 46.7 Å². The number of carbonyl (C=O) groups excluding carboxylic acids is 1. The van der Waals surface area contributed by atoms with Gasteiger partial charge in [0, 0.05) is 46.3 Å². The largest absolute Gasteiger partial charge is 0.313 e. The second-order valence-electron chi connectivity index (χ2n) is 10.7. The van der Waals surface area contributed by atoms with Gasteiger partial charge in [-0.2, -0.15) is 0 Å². The number of nitrogens with zero attached hydrogens (tertiary/aromatic N) is 2. The summed E-state index contributed by atoms with van der Waals surface area (Å²) in [6.07, 6.45) is 0.849. The van der Waals surface area contributed by atoms with Crippen molar-refractivity contribution in [2.45, 2.75) is 24.4 Å². The van der Waals surface area contributed by atoms with Gasteiger partial charge in [-0.15, -0.1) is 35.1 Å². The second-order valence-corrected chi connectivity index (χ2v) is 15.0. The van der Waals surface area contributed by atoms with E-state index in [2.05, 4.69) is 45.3 Å². The van der Waals surface area contributed by atoms with Crippen molar-refractivity contribution in [3.05, 3.63) is 130 Å². The lowest BCUT2D eigenvalue weighted by Gasteiger charge is -2.27. The van der Waals surface area contributed by atoms with Crippen LogP contribution in [0.1, 0.15) is 26.4 Å². The molecule has 6 aromatic rings. The third-order valence-electron chi connectivity index (χ3n) is 7.62. The highest BCUT2D eigenvalue weighted by molar-refractivity contribution is 7.92. The first kappa shape index (κ1) is 32.2. The van der Waals surface area contributed by atoms with Crippen LogP contribution in [0.2, 0.25) is 5.02 Å². The predicted molar refractivity (Wildman–Crippen MR) is 191 cm³/mol. The summed E-state index contributed by atoms with van der Waals surface area (Å²) in [5, 5.41) is 5.22. The number of amides is 1. The van der Waals surface area contributed by atoms with Crippen LogP contribution in [0.25, 0.3) is 20.8 Å². The fourth-order valence-electron chi connectivity index (χ4n) is 5.45. The Bertz CT molecular complexity index is 2100. The van der Waals surface area contributed by atoms with Gasteiger partial charge in [0.15, 0.2) is 0 Å². The van der Waals surface area contributed by atoms with E-state index in [1.807, 2.05) is 24.3 Å². The van der Waals surface area contributed by atoms with Crippen LogP contribution in [-0.4, -0.2) is 30.8 Å². The first-order chi connectivity index (χ1) is 21.8. The van der Waals surface area contributed by atoms with Gasteiger partial charge in [-0.3, -0.25) is 14.4 Å². The molecule has 0 unspecified atom stereocenters. The van der Waals surface area contributed by atoms with Crippen LogP contribution < -0.4 is 10.0 Å². The smallest absolute Gasteiger partial charge is 0.261 e. The maximum absolute atomic E-state index is 13.7. The van der Waals surface area contributed by atoms with E-state index in [9.17, 15) is 13.2 Å². The summed E-state index contributed by atoms with van der Waals surface area (Å²) < 4.78 is 29.6. The van der Waals surface area contributed by atoms with E-state index in [0.717, 1.165) is 51.8 Å². The molecule has 7 nitrogen and oxygen atoms in total. The van der Waals surface area contributed by atoms with Gasteiger partial charge >= 0.3 is 0 Å². The molecule has 0 spiro atoms. The fraction of sp³-hybridized carbons (Fsp3) is 0.118. The van der Waals surface area contributed by atoms with Gasteiger partial charge in [-0.25, -0.2) is 13.4 Å². The Morgan fingerprint density at radius 3 is 2.46 bits per heavy atom. The van der Waals surface area contributed by atoms with Gasteiger partial charge < -0.3 is 5.32 Å². The third-order valence-corrected chi connectivity index (χ3v) is 11.5. The number of benzene rings is 4. The first-order valence-electron chi connectivity index (χ1n) is 14.3. The minimum Gasteiger partial charge on any atom is -0.313 e. The zero-order valence-electron chi connectivity index (χ0n) is 24.3. The molecular weight excluding hydrogens is 680 g/mol. The molecule has 0 saturated carbocycles. The van der Waals surface area contributed by atoms with Gasteiger partial charge in [0.25, 0.3) is 15.9 Å². The lowest BCUT2D eigenvalue weighted by Crippen LogP contribution is -2.29. The molecule has 0 bridgehead atoms. The van der Waals surface area contributed by atoms with Crippen molar-refractivity contribution >= 4 is 83.5 Å². The SMILES string of the molecule is Cl.O=C(Nc1sc2c(c1-c1nc3ccccc3s1)CCN(Cc1ccccc1)C2)c1cccc(NS(=O)(=O)c2ccc(Cl)cc2)c1. The maximum Gasteiger partial charge on any atom is 0.261 e. The Labute approximate surface area is 286 Å². The number of sulfonamides is 1. The van der Waals surface area contributed by atoms with Crippen molar-refractivity contribution < 1.29 is 13.2 Å². The number of thiophene rings is 1. The molecule has 0 fully saturated rings. The van der Waals surface area contributed by atoms with Gasteiger partial charge in [0.2, 0.25) is 0 Å². The minimum absolute atomic E-state index is 0. The molecule has 0 saturated heterocycles. The van der Waals surface area contributed by atoms with Crippen molar-refractivity contribution in [2.24, 2.45) is 0 Å². The quantitative estimate of drug-likeness (QED) is 0.165. The minimum atomic E-state index is -3.87. The highest BCUT2D eigenvalue weighted by Crippen LogP contribution is 2.46.